The summed E-state index contributed by atoms with van der Waals surface area (Å²) in [7, 11) is 0. The van der Waals surface area contributed by atoms with Gasteiger partial charge < -0.3 is 10.6 Å². The first-order valence-electron chi connectivity index (χ1n) is 11.2. The van der Waals surface area contributed by atoms with Crippen molar-refractivity contribution in [1.29, 1.82) is 0 Å². The quantitative estimate of drug-likeness (QED) is 0.310. The Bertz CT molecular complexity index is 1420. The van der Waals surface area contributed by atoms with Crippen molar-refractivity contribution in [3.05, 3.63) is 62.6 Å². The topological polar surface area (TPSA) is 140 Å². The molecule has 11 nitrogen and oxygen atoms in total. The van der Waals surface area contributed by atoms with E-state index in [0.29, 0.717) is 18.0 Å². The first-order valence-corrected chi connectivity index (χ1v) is 12.0. The lowest BCUT2D eigenvalue weighted by atomic mass is 10.0. The highest BCUT2D eigenvalue weighted by molar-refractivity contribution is 7.12. The number of hydrazone groups is 1. The molecule has 0 atom stereocenters. The van der Waals surface area contributed by atoms with Gasteiger partial charge in [0.05, 0.1) is 18.0 Å². The number of nitrogens with two attached hydrogens (primary N) is 1. The summed E-state index contributed by atoms with van der Waals surface area (Å²) in [6.45, 7) is 7.12. The lowest BCUT2D eigenvalue weighted by Crippen LogP contribution is -2.31. The van der Waals surface area contributed by atoms with E-state index < -0.39 is 5.91 Å². The van der Waals surface area contributed by atoms with Crippen LogP contribution in [0.25, 0.3) is 5.82 Å². The number of hydrogen-bond donors (Lipinski definition) is 2. The molecule has 5 rings (SSSR count). The van der Waals surface area contributed by atoms with Crippen molar-refractivity contribution in [2.75, 3.05) is 17.2 Å². The van der Waals surface area contributed by atoms with Gasteiger partial charge in [0, 0.05) is 27.5 Å². The van der Waals surface area contributed by atoms with Gasteiger partial charge in [-0.1, -0.05) is 23.4 Å². The number of para-hydroxylation sites is 1. The molecule has 0 unspecified atom stereocenters. The molecular formula is C23H25N9O2S. The van der Waals surface area contributed by atoms with Crippen LogP contribution in [0.2, 0.25) is 0 Å². The van der Waals surface area contributed by atoms with Gasteiger partial charge >= 0.3 is 0 Å². The van der Waals surface area contributed by atoms with Crippen LogP contribution < -0.4 is 16.1 Å². The second-order valence-electron chi connectivity index (χ2n) is 8.39. The Kier molecular flexibility index (Phi) is 6.03. The maximum atomic E-state index is 13.2. The predicted octanol–water partition coefficient (Wildman–Crippen LogP) is 3.02. The average Bonchev–Trinajstić information content (AvgIpc) is 3.55. The number of aromatic nitrogens is 5. The van der Waals surface area contributed by atoms with Crippen LogP contribution in [0.3, 0.4) is 0 Å². The molecule has 180 valence electrons. The SMILES string of the molecule is C/C(=N\NC(=O)c1nnn(-c2nonc2N)c1CN1CCCc2ccccc21)c1cc(C)sc1C. The molecule has 0 saturated heterocycles. The Hall–Kier alpha value is -4.06. The molecule has 3 aromatic heterocycles. The number of nitrogens with one attached hydrogen (secondary N) is 1. The van der Waals surface area contributed by atoms with Crippen molar-refractivity contribution in [3.63, 3.8) is 0 Å². The van der Waals surface area contributed by atoms with Crippen LogP contribution in [-0.4, -0.2) is 43.5 Å². The molecule has 0 fully saturated rings. The van der Waals surface area contributed by atoms with Crippen LogP contribution in [0.15, 0.2) is 40.1 Å². The van der Waals surface area contributed by atoms with E-state index in [9.17, 15) is 4.79 Å². The lowest BCUT2D eigenvalue weighted by Gasteiger charge is -2.31. The Labute approximate surface area is 205 Å². The van der Waals surface area contributed by atoms with Gasteiger partial charge in [0.25, 0.3) is 5.91 Å². The normalized spacial score (nSPS) is 13.7. The summed E-state index contributed by atoms with van der Waals surface area (Å²) in [6, 6.07) is 10.3. The van der Waals surface area contributed by atoms with Crippen molar-refractivity contribution >= 4 is 34.5 Å². The number of rotatable bonds is 6. The van der Waals surface area contributed by atoms with Gasteiger partial charge in [-0.05, 0) is 61.6 Å². The second-order valence-corrected chi connectivity index (χ2v) is 9.85. The highest BCUT2D eigenvalue weighted by atomic mass is 32.1. The summed E-state index contributed by atoms with van der Waals surface area (Å²) in [6.07, 6.45) is 2.00. The fourth-order valence-corrected chi connectivity index (χ4v) is 5.30. The molecule has 1 amide bonds. The Morgan fingerprint density at radius 1 is 1.29 bits per heavy atom. The van der Waals surface area contributed by atoms with E-state index in [1.54, 1.807) is 11.3 Å². The molecule has 4 heterocycles. The number of benzene rings is 1. The molecule has 1 aliphatic heterocycles. The number of hydrogen-bond acceptors (Lipinski definition) is 10. The van der Waals surface area contributed by atoms with Gasteiger partial charge in [-0.15, -0.1) is 16.4 Å². The van der Waals surface area contributed by atoms with Gasteiger partial charge in [-0.3, -0.25) is 4.79 Å². The monoisotopic (exact) mass is 491 g/mol. The van der Waals surface area contributed by atoms with Crippen LogP contribution in [0, 0.1) is 13.8 Å². The summed E-state index contributed by atoms with van der Waals surface area (Å²) < 4.78 is 6.17. The standard InChI is InChI=1S/C23H25N9O2S/c1-13-11-17(15(3)35-13)14(2)25-27-23(33)20-19(32(30-26-20)22-21(24)28-34-29-22)12-31-10-6-8-16-7-4-5-9-18(16)31/h4-5,7,9,11H,6,8,10,12H2,1-3H3,(H2,24,28)(H,27,33)/b25-14+. The molecule has 1 aliphatic rings. The van der Waals surface area contributed by atoms with Crippen LogP contribution >= 0.6 is 11.3 Å². The molecule has 1 aromatic carbocycles. The van der Waals surface area contributed by atoms with Crippen molar-refractivity contribution in [3.8, 4) is 5.82 Å². The first kappa shape index (κ1) is 22.7. The largest absolute Gasteiger partial charge is 0.378 e. The maximum Gasteiger partial charge on any atom is 0.293 e. The third kappa shape index (κ3) is 4.39. The Balaban J connectivity index is 1.48. The summed E-state index contributed by atoms with van der Waals surface area (Å²) in [4.78, 5) is 17.7. The number of carbonyl (C=O) groups is 1. The van der Waals surface area contributed by atoms with E-state index in [1.165, 1.54) is 15.1 Å². The number of amides is 1. The molecular weight excluding hydrogens is 466 g/mol. The maximum absolute atomic E-state index is 13.2. The molecule has 0 bridgehead atoms. The van der Waals surface area contributed by atoms with E-state index >= 15 is 0 Å². The third-order valence-electron chi connectivity index (χ3n) is 5.98. The minimum atomic E-state index is -0.476. The fraction of sp³-hybridized carbons (Fsp3) is 0.304. The minimum Gasteiger partial charge on any atom is -0.378 e. The number of carbonyl (C=O) groups excluding carboxylic acids is 1. The van der Waals surface area contributed by atoms with E-state index in [-0.39, 0.29) is 17.3 Å². The Morgan fingerprint density at radius 3 is 2.86 bits per heavy atom. The number of nitrogen functional groups attached to an aromatic ring is 1. The van der Waals surface area contributed by atoms with Crippen LogP contribution in [0.1, 0.15) is 50.4 Å². The van der Waals surface area contributed by atoms with Gasteiger partial charge in [0.15, 0.2) is 5.69 Å². The van der Waals surface area contributed by atoms with Crippen molar-refractivity contribution in [2.45, 2.75) is 40.2 Å². The highest BCUT2D eigenvalue weighted by Crippen LogP contribution is 2.29. The number of aryl methyl sites for hydroxylation is 3. The van der Waals surface area contributed by atoms with Gasteiger partial charge in [-0.25, -0.2) is 10.1 Å². The van der Waals surface area contributed by atoms with E-state index in [1.807, 2.05) is 32.9 Å². The first-order chi connectivity index (χ1) is 16.9. The number of thiophene rings is 1. The summed E-state index contributed by atoms with van der Waals surface area (Å²) in [5, 5.41) is 20.1. The van der Waals surface area contributed by atoms with E-state index in [4.69, 9.17) is 10.4 Å². The van der Waals surface area contributed by atoms with E-state index in [2.05, 4.69) is 54.3 Å². The molecule has 0 radical (unpaired) electrons. The molecule has 3 N–H and O–H groups in total. The zero-order valence-corrected chi connectivity index (χ0v) is 20.5. The predicted molar refractivity (Wildman–Crippen MR) is 133 cm³/mol. The summed E-state index contributed by atoms with van der Waals surface area (Å²) >= 11 is 1.69. The minimum absolute atomic E-state index is 0.0549. The molecule has 12 heteroatoms. The van der Waals surface area contributed by atoms with Crippen molar-refractivity contribution in [1.82, 2.24) is 30.7 Å². The van der Waals surface area contributed by atoms with Gasteiger partial charge in [0.2, 0.25) is 11.6 Å². The van der Waals surface area contributed by atoms with Gasteiger partial charge in [0.1, 0.15) is 0 Å². The Morgan fingerprint density at radius 2 is 2.11 bits per heavy atom. The van der Waals surface area contributed by atoms with Crippen LogP contribution in [0.5, 0.6) is 0 Å². The smallest absolute Gasteiger partial charge is 0.293 e. The number of nitrogens with zero attached hydrogens (tertiary/aromatic N) is 7. The average molecular weight is 492 g/mol. The third-order valence-corrected chi connectivity index (χ3v) is 6.94. The van der Waals surface area contributed by atoms with E-state index in [0.717, 1.165) is 35.5 Å². The molecule has 0 aliphatic carbocycles. The van der Waals surface area contributed by atoms with Crippen LogP contribution in [0.4, 0.5) is 11.5 Å². The molecule has 0 spiro atoms. The van der Waals surface area contributed by atoms with Gasteiger partial charge in [-0.2, -0.15) is 9.78 Å². The van der Waals surface area contributed by atoms with Crippen molar-refractivity contribution < 1.29 is 9.42 Å². The zero-order chi connectivity index (χ0) is 24.5. The molecule has 4 aromatic rings. The molecule has 0 saturated carbocycles. The number of fused-ring (bicyclic) bond motifs is 1. The second kappa shape index (κ2) is 9.29. The fourth-order valence-electron chi connectivity index (χ4n) is 4.32. The number of anilines is 2. The molecule has 35 heavy (non-hydrogen) atoms. The van der Waals surface area contributed by atoms with Crippen LogP contribution in [-0.2, 0) is 13.0 Å². The lowest BCUT2D eigenvalue weighted by molar-refractivity contribution is 0.0948. The summed E-state index contributed by atoms with van der Waals surface area (Å²) in [5.74, 6) is -0.240. The zero-order valence-electron chi connectivity index (χ0n) is 19.6. The van der Waals surface area contributed by atoms with Crippen molar-refractivity contribution in [2.24, 2.45) is 5.10 Å². The summed E-state index contributed by atoms with van der Waals surface area (Å²) in [5.41, 5.74) is 13.3. The highest BCUT2D eigenvalue weighted by Gasteiger charge is 2.27.